The van der Waals surface area contributed by atoms with E-state index in [0.717, 1.165) is 36.8 Å². The molecular formula is C18H27NO5. The van der Waals surface area contributed by atoms with Crippen molar-refractivity contribution in [2.24, 2.45) is 0 Å². The van der Waals surface area contributed by atoms with Crippen molar-refractivity contribution in [1.82, 2.24) is 5.32 Å². The minimum Gasteiger partial charge on any atom is -0.504 e. The zero-order chi connectivity index (χ0) is 17.9. The van der Waals surface area contributed by atoms with Crippen LogP contribution in [0.5, 0.6) is 11.5 Å². The van der Waals surface area contributed by atoms with Crippen molar-refractivity contribution in [3.63, 3.8) is 0 Å². The minimum atomic E-state index is -0.358. The van der Waals surface area contributed by atoms with E-state index in [9.17, 15) is 14.7 Å². The number of phenolic OH excluding ortho intramolecular Hbond substituents is 1. The summed E-state index contributed by atoms with van der Waals surface area (Å²) in [5.41, 5.74) is 1.66. The van der Waals surface area contributed by atoms with Gasteiger partial charge >= 0.3 is 5.97 Å². The van der Waals surface area contributed by atoms with Gasteiger partial charge in [-0.2, -0.15) is 0 Å². The Morgan fingerprint density at radius 2 is 1.96 bits per heavy atom. The number of ether oxygens (including phenoxy) is 2. The SMILES string of the molecule is CCCCCCC(=O)OCC(=O)NCc1cc(OC)c(O)cc1C. The maximum atomic E-state index is 11.8. The molecule has 0 spiro atoms. The van der Waals surface area contributed by atoms with Gasteiger partial charge < -0.3 is 19.9 Å². The number of rotatable bonds is 10. The number of methoxy groups -OCH3 is 1. The Bertz CT molecular complexity index is 557. The summed E-state index contributed by atoms with van der Waals surface area (Å²) >= 11 is 0. The van der Waals surface area contributed by atoms with Crippen molar-refractivity contribution in [2.45, 2.75) is 52.5 Å². The molecule has 24 heavy (non-hydrogen) atoms. The molecule has 1 aromatic carbocycles. The fourth-order valence-electron chi connectivity index (χ4n) is 2.23. The number of phenols is 1. The molecule has 0 bridgehead atoms. The number of amides is 1. The van der Waals surface area contributed by atoms with Crippen LogP contribution >= 0.6 is 0 Å². The number of hydrogen-bond donors (Lipinski definition) is 2. The van der Waals surface area contributed by atoms with E-state index >= 15 is 0 Å². The van der Waals surface area contributed by atoms with Gasteiger partial charge in [-0.05, 0) is 36.6 Å². The summed E-state index contributed by atoms with van der Waals surface area (Å²) in [7, 11) is 1.46. The number of aromatic hydroxyl groups is 1. The first kappa shape index (κ1) is 19.8. The average molecular weight is 337 g/mol. The summed E-state index contributed by atoms with van der Waals surface area (Å²) in [4.78, 5) is 23.3. The van der Waals surface area contributed by atoms with Gasteiger partial charge in [0, 0.05) is 13.0 Å². The van der Waals surface area contributed by atoms with Gasteiger partial charge in [-0.25, -0.2) is 0 Å². The number of esters is 1. The molecule has 0 fully saturated rings. The normalized spacial score (nSPS) is 10.3. The molecule has 0 saturated heterocycles. The van der Waals surface area contributed by atoms with Gasteiger partial charge in [-0.1, -0.05) is 26.2 Å². The lowest BCUT2D eigenvalue weighted by molar-refractivity contribution is -0.148. The lowest BCUT2D eigenvalue weighted by Crippen LogP contribution is -2.28. The second-order valence-corrected chi connectivity index (χ2v) is 5.70. The number of benzene rings is 1. The molecule has 0 saturated carbocycles. The highest BCUT2D eigenvalue weighted by atomic mass is 16.5. The summed E-state index contributed by atoms with van der Waals surface area (Å²) in [6.07, 6.45) is 4.35. The molecule has 0 unspecified atom stereocenters. The van der Waals surface area contributed by atoms with Gasteiger partial charge in [-0.15, -0.1) is 0 Å². The second-order valence-electron chi connectivity index (χ2n) is 5.70. The van der Waals surface area contributed by atoms with Crippen molar-refractivity contribution < 1.29 is 24.2 Å². The first-order valence-electron chi connectivity index (χ1n) is 8.26. The molecule has 0 atom stereocenters. The highest BCUT2D eigenvalue weighted by Gasteiger charge is 2.10. The standard InChI is InChI=1S/C18H27NO5/c1-4-5-6-7-8-18(22)24-12-17(21)19-11-14-10-16(23-3)15(20)9-13(14)2/h9-10,20H,4-8,11-12H2,1-3H3,(H,19,21). The van der Waals surface area contributed by atoms with Crippen LogP contribution in [0.4, 0.5) is 0 Å². The van der Waals surface area contributed by atoms with Gasteiger partial charge in [0.2, 0.25) is 0 Å². The Morgan fingerprint density at radius 3 is 2.62 bits per heavy atom. The van der Waals surface area contributed by atoms with Crippen LogP contribution in [0.2, 0.25) is 0 Å². The van der Waals surface area contributed by atoms with Gasteiger partial charge in [0.25, 0.3) is 5.91 Å². The van der Waals surface area contributed by atoms with Gasteiger partial charge in [0.05, 0.1) is 7.11 Å². The molecule has 0 aliphatic rings. The largest absolute Gasteiger partial charge is 0.504 e. The zero-order valence-corrected chi connectivity index (χ0v) is 14.7. The number of unbranched alkanes of at least 4 members (excludes halogenated alkanes) is 3. The maximum Gasteiger partial charge on any atom is 0.306 e. The van der Waals surface area contributed by atoms with Gasteiger partial charge in [-0.3, -0.25) is 9.59 Å². The van der Waals surface area contributed by atoms with Crippen LogP contribution in [0.3, 0.4) is 0 Å². The summed E-state index contributed by atoms with van der Waals surface area (Å²) < 4.78 is 10.0. The van der Waals surface area contributed by atoms with E-state index in [1.54, 1.807) is 12.1 Å². The summed E-state index contributed by atoms with van der Waals surface area (Å²) in [5, 5.41) is 12.4. The molecule has 0 aromatic heterocycles. The minimum absolute atomic E-state index is 0.0575. The highest BCUT2D eigenvalue weighted by Crippen LogP contribution is 2.28. The molecule has 0 aliphatic heterocycles. The molecular weight excluding hydrogens is 310 g/mol. The van der Waals surface area contributed by atoms with Crippen molar-refractivity contribution in [3.05, 3.63) is 23.3 Å². The Hall–Kier alpha value is -2.24. The third-order valence-corrected chi connectivity index (χ3v) is 3.71. The number of aryl methyl sites for hydroxylation is 1. The van der Waals surface area contributed by atoms with Crippen LogP contribution in [-0.4, -0.2) is 30.7 Å². The van der Waals surface area contributed by atoms with Gasteiger partial charge in [0.1, 0.15) is 0 Å². The fraction of sp³-hybridized carbons (Fsp3) is 0.556. The molecule has 1 amide bonds. The van der Waals surface area contributed by atoms with E-state index in [-0.39, 0.29) is 30.8 Å². The van der Waals surface area contributed by atoms with E-state index in [1.165, 1.54) is 7.11 Å². The molecule has 1 aromatic rings. The Labute approximate surface area is 143 Å². The van der Waals surface area contributed by atoms with Crippen molar-refractivity contribution in [3.8, 4) is 11.5 Å². The second kappa shape index (κ2) is 10.5. The number of nitrogens with one attached hydrogen (secondary N) is 1. The van der Waals surface area contributed by atoms with Crippen LogP contribution in [0, 0.1) is 6.92 Å². The Balaban J connectivity index is 2.35. The lowest BCUT2D eigenvalue weighted by Gasteiger charge is -2.11. The maximum absolute atomic E-state index is 11.8. The third-order valence-electron chi connectivity index (χ3n) is 3.71. The average Bonchev–Trinajstić information content (AvgIpc) is 2.56. The summed E-state index contributed by atoms with van der Waals surface area (Å²) in [6.45, 7) is 3.93. The van der Waals surface area contributed by atoms with Crippen molar-refractivity contribution in [2.75, 3.05) is 13.7 Å². The van der Waals surface area contributed by atoms with Crippen LogP contribution in [0.15, 0.2) is 12.1 Å². The topological polar surface area (TPSA) is 84.9 Å². The van der Waals surface area contributed by atoms with Crippen LogP contribution < -0.4 is 10.1 Å². The third kappa shape index (κ3) is 6.89. The van der Waals surface area contributed by atoms with E-state index in [0.29, 0.717) is 12.2 Å². The van der Waals surface area contributed by atoms with Crippen LogP contribution in [-0.2, 0) is 20.9 Å². The number of carbonyl (C=O) groups is 2. The molecule has 1 rings (SSSR count). The molecule has 0 heterocycles. The summed E-state index contributed by atoms with van der Waals surface area (Å²) in [6, 6.07) is 3.25. The molecule has 134 valence electrons. The van der Waals surface area contributed by atoms with Crippen LogP contribution in [0.1, 0.15) is 50.2 Å². The van der Waals surface area contributed by atoms with E-state index in [1.807, 2.05) is 6.92 Å². The summed E-state index contributed by atoms with van der Waals surface area (Å²) in [5.74, 6) is -0.294. The highest BCUT2D eigenvalue weighted by molar-refractivity contribution is 5.80. The predicted molar refractivity (Wildman–Crippen MR) is 91.0 cm³/mol. The van der Waals surface area contributed by atoms with E-state index < -0.39 is 0 Å². The zero-order valence-electron chi connectivity index (χ0n) is 14.7. The first-order chi connectivity index (χ1) is 11.5. The van der Waals surface area contributed by atoms with Gasteiger partial charge in [0.15, 0.2) is 18.1 Å². The molecule has 6 nitrogen and oxygen atoms in total. The number of carbonyl (C=O) groups excluding carboxylic acids is 2. The smallest absolute Gasteiger partial charge is 0.306 e. The molecule has 0 radical (unpaired) electrons. The molecule has 2 N–H and O–H groups in total. The lowest BCUT2D eigenvalue weighted by atomic mass is 10.1. The van der Waals surface area contributed by atoms with Crippen molar-refractivity contribution in [1.29, 1.82) is 0 Å². The van der Waals surface area contributed by atoms with Crippen molar-refractivity contribution >= 4 is 11.9 Å². The quantitative estimate of drug-likeness (QED) is 0.506. The van der Waals surface area contributed by atoms with Crippen LogP contribution in [0.25, 0.3) is 0 Å². The Kier molecular flexibility index (Phi) is 8.68. The van der Waals surface area contributed by atoms with E-state index in [2.05, 4.69) is 12.2 Å². The Morgan fingerprint density at radius 1 is 1.21 bits per heavy atom. The fourth-order valence-corrected chi connectivity index (χ4v) is 2.23. The molecule has 0 aliphatic carbocycles. The predicted octanol–water partition coefficient (Wildman–Crippen LogP) is 2.84. The number of hydrogen-bond acceptors (Lipinski definition) is 5. The molecule has 6 heteroatoms. The van der Waals surface area contributed by atoms with E-state index in [4.69, 9.17) is 9.47 Å². The monoisotopic (exact) mass is 337 g/mol. The first-order valence-corrected chi connectivity index (χ1v) is 8.26.